The molecule has 0 unspecified atom stereocenters. The van der Waals surface area contributed by atoms with E-state index in [-0.39, 0.29) is 5.69 Å². The van der Waals surface area contributed by atoms with Crippen LogP contribution in [0.15, 0.2) is 42.5 Å². The number of aromatic nitrogens is 3. The number of ether oxygens (including phenoxy) is 1. The fraction of sp³-hybridized carbons (Fsp3) is 0.300. The lowest BCUT2D eigenvalue weighted by molar-refractivity contribution is 0.0594. The number of nitrogens with one attached hydrogen (secondary N) is 1. The summed E-state index contributed by atoms with van der Waals surface area (Å²) in [6, 6.07) is 13.5. The first kappa shape index (κ1) is 18.6. The summed E-state index contributed by atoms with van der Waals surface area (Å²) in [5.74, 6) is 0.751. The van der Waals surface area contributed by atoms with Crippen molar-refractivity contribution >= 4 is 28.8 Å². The highest BCUT2D eigenvalue weighted by Crippen LogP contribution is 2.24. The SMILES string of the molecule is CCN(CC)c1nc(NCc2ccccc2)nc2ccc(C(=O)OC)nc12. The normalized spacial score (nSPS) is 10.6. The summed E-state index contributed by atoms with van der Waals surface area (Å²) in [4.78, 5) is 27.6. The largest absolute Gasteiger partial charge is 0.464 e. The van der Waals surface area contributed by atoms with E-state index < -0.39 is 5.97 Å². The third-order valence-corrected chi connectivity index (χ3v) is 4.27. The van der Waals surface area contributed by atoms with E-state index in [1.165, 1.54) is 7.11 Å². The molecule has 27 heavy (non-hydrogen) atoms. The zero-order valence-corrected chi connectivity index (χ0v) is 15.8. The molecule has 0 amide bonds. The van der Waals surface area contributed by atoms with Gasteiger partial charge >= 0.3 is 5.97 Å². The van der Waals surface area contributed by atoms with Gasteiger partial charge in [-0.2, -0.15) is 4.98 Å². The van der Waals surface area contributed by atoms with Gasteiger partial charge in [0.2, 0.25) is 5.95 Å². The molecule has 0 saturated carbocycles. The van der Waals surface area contributed by atoms with Crippen LogP contribution in [0.2, 0.25) is 0 Å². The van der Waals surface area contributed by atoms with Crippen LogP contribution in [0.25, 0.3) is 11.0 Å². The molecule has 3 aromatic rings. The zero-order valence-electron chi connectivity index (χ0n) is 15.8. The van der Waals surface area contributed by atoms with Crippen molar-refractivity contribution in [2.24, 2.45) is 0 Å². The molecule has 2 aromatic heterocycles. The average Bonchev–Trinajstić information content (AvgIpc) is 2.73. The predicted molar refractivity (Wildman–Crippen MR) is 106 cm³/mol. The summed E-state index contributed by atoms with van der Waals surface area (Å²) in [6.07, 6.45) is 0. The molecule has 140 valence electrons. The quantitative estimate of drug-likeness (QED) is 0.644. The lowest BCUT2D eigenvalue weighted by atomic mass is 10.2. The van der Waals surface area contributed by atoms with E-state index in [9.17, 15) is 4.79 Å². The number of carbonyl (C=O) groups excluding carboxylic acids is 1. The summed E-state index contributed by atoms with van der Waals surface area (Å²) in [7, 11) is 1.34. The Hall–Kier alpha value is -3.22. The molecule has 0 bridgehead atoms. The molecule has 0 aliphatic heterocycles. The standard InChI is InChI=1S/C20H23N5O2/c1-4-25(5-2)18-17-15(11-12-16(22-17)19(26)27-3)23-20(24-18)21-13-14-9-7-6-8-10-14/h6-12H,4-5,13H2,1-3H3,(H,21,23,24). The smallest absolute Gasteiger partial charge is 0.356 e. The van der Waals surface area contributed by atoms with E-state index in [2.05, 4.69) is 39.0 Å². The van der Waals surface area contributed by atoms with Crippen molar-refractivity contribution in [2.45, 2.75) is 20.4 Å². The maximum absolute atomic E-state index is 11.9. The van der Waals surface area contributed by atoms with E-state index >= 15 is 0 Å². The van der Waals surface area contributed by atoms with Crippen molar-refractivity contribution < 1.29 is 9.53 Å². The Morgan fingerprint density at radius 2 is 1.78 bits per heavy atom. The van der Waals surface area contributed by atoms with E-state index in [0.717, 1.165) is 18.7 Å². The lowest BCUT2D eigenvalue weighted by Gasteiger charge is -2.21. The summed E-state index contributed by atoms with van der Waals surface area (Å²) < 4.78 is 4.78. The van der Waals surface area contributed by atoms with E-state index in [1.807, 2.05) is 30.3 Å². The molecular formula is C20H23N5O2. The van der Waals surface area contributed by atoms with Crippen LogP contribution in [0.4, 0.5) is 11.8 Å². The maximum Gasteiger partial charge on any atom is 0.356 e. The summed E-state index contributed by atoms with van der Waals surface area (Å²) in [5.41, 5.74) is 2.65. The fourth-order valence-corrected chi connectivity index (χ4v) is 2.82. The van der Waals surface area contributed by atoms with Gasteiger partial charge in [0.1, 0.15) is 11.2 Å². The third-order valence-electron chi connectivity index (χ3n) is 4.27. The van der Waals surface area contributed by atoms with Crippen LogP contribution < -0.4 is 10.2 Å². The van der Waals surface area contributed by atoms with Crippen molar-refractivity contribution in [1.82, 2.24) is 15.0 Å². The second kappa shape index (κ2) is 8.44. The molecular weight excluding hydrogens is 342 g/mol. The van der Waals surface area contributed by atoms with Gasteiger partial charge in [0, 0.05) is 19.6 Å². The van der Waals surface area contributed by atoms with Crippen LogP contribution in [-0.4, -0.2) is 41.1 Å². The monoisotopic (exact) mass is 365 g/mol. The maximum atomic E-state index is 11.9. The minimum atomic E-state index is -0.478. The van der Waals surface area contributed by atoms with Crippen LogP contribution in [0.5, 0.6) is 0 Å². The molecule has 1 aromatic carbocycles. The summed E-state index contributed by atoms with van der Waals surface area (Å²) >= 11 is 0. The first-order chi connectivity index (χ1) is 13.2. The molecule has 3 rings (SSSR count). The minimum absolute atomic E-state index is 0.243. The van der Waals surface area contributed by atoms with Gasteiger partial charge in [-0.15, -0.1) is 0 Å². The molecule has 0 radical (unpaired) electrons. The predicted octanol–water partition coefficient (Wildman–Crippen LogP) is 3.27. The summed E-state index contributed by atoms with van der Waals surface area (Å²) in [6.45, 7) is 6.27. The highest BCUT2D eigenvalue weighted by atomic mass is 16.5. The van der Waals surface area contributed by atoms with Crippen molar-refractivity contribution in [3.8, 4) is 0 Å². The van der Waals surface area contributed by atoms with Crippen LogP contribution in [0.3, 0.4) is 0 Å². The molecule has 7 nitrogen and oxygen atoms in total. The van der Waals surface area contributed by atoms with Crippen LogP contribution in [0, 0.1) is 0 Å². The number of benzene rings is 1. The second-order valence-electron chi connectivity index (χ2n) is 5.94. The van der Waals surface area contributed by atoms with Crippen molar-refractivity contribution in [3.05, 3.63) is 53.7 Å². The van der Waals surface area contributed by atoms with Gasteiger partial charge in [-0.25, -0.2) is 14.8 Å². The van der Waals surface area contributed by atoms with Gasteiger partial charge in [-0.05, 0) is 31.5 Å². The molecule has 0 spiro atoms. The topological polar surface area (TPSA) is 80.2 Å². The number of carbonyl (C=O) groups is 1. The zero-order chi connectivity index (χ0) is 19.2. The number of nitrogens with zero attached hydrogens (tertiary/aromatic N) is 4. The number of hydrogen-bond donors (Lipinski definition) is 1. The number of methoxy groups -OCH3 is 1. The minimum Gasteiger partial charge on any atom is -0.464 e. The van der Waals surface area contributed by atoms with Gasteiger partial charge in [0.05, 0.1) is 12.6 Å². The number of esters is 1. The Bertz CT molecular complexity index is 926. The van der Waals surface area contributed by atoms with Gasteiger partial charge in [0.15, 0.2) is 5.82 Å². The highest BCUT2D eigenvalue weighted by Gasteiger charge is 2.17. The molecule has 0 fully saturated rings. The number of pyridine rings is 1. The second-order valence-corrected chi connectivity index (χ2v) is 5.94. The van der Waals surface area contributed by atoms with Crippen LogP contribution in [-0.2, 0) is 11.3 Å². The Morgan fingerprint density at radius 1 is 1.04 bits per heavy atom. The van der Waals surface area contributed by atoms with Crippen LogP contribution in [0.1, 0.15) is 29.9 Å². The van der Waals surface area contributed by atoms with Crippen molar-refractivity contribution in [3.63, 3.8) is 0 Å². The first-order valence-electron chi connectivity index (χ1n) is 8.96. The molecule has 1 N–H and O–H groups in total. The Balaban J connectivity index is 2.02. The molecule has 2 heterocycles. The van der Waals surface area contributed by atoms with E-state index in [4.69, 9.17) is 4.74 Å². The molecule has 0 aliphatic carbocycles. The molecule has 0 aliphatic rings. The fourth-order valence-electron chi connectivity index (χ4n) is 2.82. The Labute approximate surface area is 158 Å². The first-order valence-corrected chi connectivity index (χ1v) is 8.96. The third kappa shape index (κ3) is 4.13. The lowest BCUT2D eigenvalue weighted by Crippen LogP contribution is -2.24. The molecule has 0 saturated heterocycles. The molecule has 7 heteroatoms. The highest BCUT2D eigenvalue weighted by molar-refractivity contribution is 5.93. The van der Waals surface area contributed by atoms with Crippen molar-refractivity contribution in [2.75, 3.05) is 30.4 Å². The molecule has 0 atom stereocenters. The number of anilines is 2. The van der Waals surface area contributed by atoms with Gasteiger partial charge in [0.25, 0.3) is 0 Å². The van der Waals surface area contributed by atoms with E-state index in [1.54, 1.807) is 12.1 Å². The van der Waals surface area contributed by atoms with Crippen molar-refractivity contribution in [1.29, 1.82) is 0 Å². The Morgan fingerprint density at radius 3 is 2.44 bits per heavy atom. The number of fused-ring (bicyclic) bond motifs is 1. The van der Waals surface area contributed by atoms with Gasteiger partial charge in [-0.3, -0.25) is 0 Å². The van der Waals surface area contributed by atoms with E-state index in [0.29, 0.717) is 29.3 Å². The van der Waals surface area contributed by atoms with Gasteiger partial charge in [-0.1, -0.05) is 30.3 Å². The summed E-state index contributed by atoms with van der Waals surface area (Å²) in [5, 5.41) is 3.28. The van der Waals surface area contributed by atoms with Crippen LogP contribution >= 0.6 is 0 Å². The number of hydrogen-bond acceptors (Lipinski definition) is 7. The van der Waals surface area contributed by atoms with Gasteiger partial charge < -0.3 is 15.0 Å². The Kier molecular flexibility index (Phi) is 5.80. The average molecular weight is 365 g/mol. The number of rotatable bonds is 7.